The van der Waals surface area contributed by atoms with Crippen molar-refractivity contribution in [3.05, 3.63) is 64.5 Å². The minimum absolute atomic E-state index is 0.0766. The van der Waals surface area contributed by atoms with Gasteiger partial charge in [0.2, 0.25) is 0 Å². The second kappa shape index (κ2) is 5.60. The fourth-order valence-corrected chi connectivity index (χ4v) is 2.76. The van der Waals surface area contributed by atoms with Crippen LogP contribution in [0.3, 0.4) is 0 Å². The monoisotopic (exact) mass is 312 g/mol. The van der Waals surface area contributed by atoms with E-state index < -0.39 is 22.8 Å². The van der Waals surface area contributed by atoms with Gasteiger partial charge in [-0.25, -0.2) is 13.2 Å². The van der Waals surface area contributed by atoms with Gasteiger partial charge in [0.15, 0.2) is 17.5 Å². The second-order valence-electron chi connectivity index (χ2n) is 4.95. The summed E-state index contributed by atoms with van der Waals surface area (Å²) in [5, 5.41) is -0.882. The van der Waals surface area contributed by atoms with Gasteiger partial charge in [-0.15, -0.1) is 11.6 Å². The lowest BCUT2D eigenvalue weighted by molar-refractivity contribution is 0.288. The van der Waals surface area contributed by atoms with E-state index in [4.69, 9.17) is 16.3 Å². The maximum Gasteiger partial charge on any atom is 0.194 e. The summed E-state index contributed by atoms with van der Waals surface area (Å²) in [6, 6.07) is 7.36. The third-order valence-electron chi connectivity index (χ3n) is 3.56. The Morgan fingerprint density at radius 3 is 2.67 bits per heavy atom. The number of ether oxygens (including phenoxy) is 1. The van der Waals surface area contributed by atoms with Gasteiger partial charge < -0.3 is 4.74 Å². The van der Waals surface area contributed by atoms with Crippen molar-refractivity contribution >= 4 is 11.6 Å². The molecule has 0 saturated carbocycles. The van der Waals surface area contributed by atoms with Crippen molar-refractivity contribution in [1.82, 2.24) is 0 Å². The fourth-order valence-electron chi connectivity index (χ4n) is 2.45. The van der Waals surface area contributed by atoms with Crippen LogP contribution in [0.25, 0.3) is 0 Å². The molecule has 1 nitrogen and oxygen atoms in total. The Morgan fingerprint density at radius 1 is 1.05 bits per heavy atom. The van der Waals surface area contributed by atoms with Crippen LogP contribution in [0.2, 0.25) is 0 Å². The van der Waals surface area contributed by atoms with Crippen LogP contribution in [-0.4, -0.2) is 6.61 Å². The first-order valence-corrected chi connectivity index (χ1v) is 7.04. The van der Waals surface area contributed by atoms with Gasteiger partial charge in [0.1, 0.15) is 5.75 Å². The molecule has 0 aliphatic carbocycles. The van der Waals surface area contributed by atoms with E-state index in [0.717, 1.165) is 30.2 Å². The zero-order valence-electron chi connectivity index (χ0n) is 11.0. The highest BCUT2D eigenvalue weighted by atomic mass is 35.5. The summed E-state index contributed by atoms with van der Waals surface area (Å²) in [5.74, 6) is -3.18. The molecular weight excluding hydrogens is 301 g/mol. The summed E-state index contributed by atoms with van der Waals surface area (Å²) >= 11 is 6.23. The maximum atomic E-state index is 13.8. The first-order chi connectivity index (χ1) is 10.1. The number of benzene rings is 2. The molecule has 1 unspecified atom stereocenters. The summed E-state index contributed by atoms with van der Waals surface area (Å²) in [5.41, 5.74) is 1.55. The predicted octanol–water partition coefficient (Wildman–Crippen LogP) is 4.76. The standard InChI is InChI=1S/C16H12ClF3O/c17-14(11-4-5-12(18)16(20)15(11)19)10-3-6-13-9(8-10)2-1-7-21-13/h3-6,8,14H,1-2,7H2. The number of fused-ring (bicyclic) bond motifs is 1. The van der Waals surface area contributed by atoms with E-state index in [1.807, 2.05) is 6.07 Å². The lowest BCUT2D eigenvalue weighted by Crippen LogP contribution is -2.09. The van der Waals surface area contributed by atoms with Gasteiger partial charge in [-0.2, -0.15) is 0 Å². The van der Waals surface area contributed by atoms with Gasteiger partial charge in [-0.05, 0) is 36.1 Å². The van der Waals surface area contributed by atoms with E-state index in [1.54, 1.807) is 12.1 Å². The summed E-state index contributed by atoms with van der Waals surface area (Å²) in [7, 11) is 0. The predicted molar refractivity (Wildman–Crippen MR) is 74.3 cm³/mol. The number of hydrogen-bond donors (Lipinski definition) is 0. The van der Waals surface area contributed by atoms with E-state index in [-0.39, 0.29) is 5.56 Å². The van der Waals surface area contributed by atoms with Crippen molar-refractivity contribution in [2.45, 2.75) is 18.2 Å². The van der Waals surface area contributed by atoms with E-state index in [9.17, 15) is 13.2 Å². The topological polar surface area (TPSA) is 9.23 Å². The molecule has 0 saturated heterocycles. The maximum absolute atomic E-state index is 13.8. The van der Waals surface area contributed by atoms with Crippen LogP contribution >= 0.6 is 11.6 Å². The van der Waals surface area contributed by atoms with Crippen LogP contribution in [0.5, 0.6) is 5.75 Å². The van der Waals surface area contributed by atoms with E-state index >= 15 is 0 Å². The average molecular weight is 313 g/mol. The van der Waals surface area contributed by atoms with Gasteiger partial charge >= 0.3 is 0 Å². The molecule has 2 aromatic carbocycles. The smallest absolute Gasteiger partial charge is 0.194 e. The molecule has 1 atom stereocenters. The molecule has 3 rings (SSSR count). The number of hydrogen-bond acceptors (Lipinski definition) is 1. The highest BCUT2D eigenvalue weighted by Crippen LogP contribution is 2.35. The molecule has 5 heteroatoms. The Labute approximate surface area is 125 Å². The van der Waals surface area contributed by atoms with E-state index in [1.165, 1.54) is 6.07 Å². The minimum atomic E-state index is -1.50. The molecule has 21 heavy (non-hydrogen) atoms. The molecule has 0 radical (unpaired) electrons. The zero-order valence-corrected chi connectivity index (χ0v) is 11.8. The normalized spacial score (nSPS) is 15.2. The van der Waals surface area contributed by atoms with Crippen LogP contribution in [0.15, 0.2) is 30.3 Å². The van der Waals surface area contributed by atoms with Gasteiger partial charge in [0.25, 0.3) is 0 Å². The molecule has 1 aliphatic rings. The van der Waals surface area contributed by atoms with Crippen molar-refractivity contribution in [3.8, 4) is 5.75 Å². The first-order valence-electron chi connectivity index (χ1n) is 6.61. The van der Waals surface area contributed by atoms with Crippen molar-refractivity contribution in [3.63, 3.8) is 0 Å². The number of alkyl halides is 1. The van der Waals surface area contributed by atoms with Crippen LogP contribution < -0.4 is 4.74 Å². The Bertz CT molecular complexity index is 687. The van der Waals surface area contributed by atoms with Crippen LogP contribution in [-0.2, 0) is 6.42 Å². The molecule has 1 aliphatic heterocycles. The summed E-state index contributed by atoms with van der Waals surface area (Å²) in [6.45, 7) is 0.675. The third kappa shape index (κ3) is 2.60. The molecule has 1 heterocycles. The zero-order chi connectivity index (χ0) is 15.0. The molecule has 0 fully saturated rings. The van der Waals surface area contributed by atoms with Gasteiger partial charge in [-0.3, -0.25) is 0 Å². The molecule has 0 bridgehead atoms. The SMILES string of the molecule is Fc1ccc(C(Cl)c2ccc3c(c2)CCCO3)c(F)c1F. The van der Waals surface area contributed by atoms with E-state index in [2.05, 4.69) is 0 Å². The van der Waals surface area contributed by atoms with E-state index in [0.29, 0.717) is 12.2 Å². The molecule has 0 aromatic heterocycles. The Morgan fingerprint density at radius 2 is 1.86 bits per heavy atom. The first kappa shape index (κ1) is 14.3. The lowest BCUT2D eigenvalue weighted by atomic mass is 9.98. The highest BCUT2D eigenvalue weighted by molar-refractivity contribution is 6.22. The van der Waals surface area contributed by atoms with Crippen molar-refractivity contribution < 1.29 is 17.9 Å². The number of aryl methyl sites for hydroxylation is 1. The largest absolute Gasteiger partial charge is 0.493 e. The van der Waals surface area contributed by atoms with Crippen LogP contribution in [0, 0.1) is 17.5 Å². The van der Waals surface area contributed by atoms with Crippen LogP contribution in [0.4, 0.5) is 13.2 Å². The van der Waals surface area contributed by atoms with Crippen LogP contribution in [0.1, 0.15) is 28.5 Å². The third-order valence-corrected chi connectivity index (χ3v) is 4.05. The highest BCUT2D eigenvalue weighted by Gasteiger charge is 2.22. The second-order valence-corrected chi connectivity index (χ2v) is 5.38. The average Bonchev–Trinajstić information content (AvgIpc) is 2.52. The molecule has 0 N–H and O–H groups in total. The number of halogens is 4. The van der Waals surface area contributed by atoms with Gasteiger partial charge in [0, 0.05) is 5.56 Å². The molecule has 0 spiro atoms. The Kier molecular flexibility index (Phi) is 3.81. The molecular formula is C16H12ClF3O. The quantitative estimate of drug-likeness (QED) is 0.574. The van der Waals surface area contributed by atoms with Crippen molar-refractivity contribution in [2.24, 2.45) is 0 Å². The minimum Gasteiger partial charge on any atom is -0.493 e. The molecule has 0 amide bonds. The van der Waals surface area contributed by atoms with Gasteiger partial charge in [0.05, 0.1) is 12.0 Å². The summed E-state index contributed by atoms with van der Waals surface area (Å²) in [6.07, 6.45) is 1.76. The lowest BCUT2D eigenvalue weighted by Gasteiger charge is -2.19. The molecule has 2 aromatic rings. The molecule has 110 valence electrons. The Hall–Kier alpha value is -1.68. The fraction of sp³-hybridized carbons (Fsp3) is 0.250. The Balaban J connectivity index is 1.99. The summed E-state index contributed by atoms with van der Waals surface area (Å²) in [4.78, 5) is 0. The van der Waals surface area contributed by atoms with Crippen molar-refractivity contribution in [2.75, 3.05) is 6.61 Å². The van der Waals surface area contributed by atoms with Gasteiger partial charge in [-0.1, -0.05) is 18.2 Å². The number of rotatable bonds is 2. The summed E-state index contributed by atoms with van der Waals surface area (Å²) < 4.78 is 45.6. The van der Waals surface area contributed by atoms with Crippen molar-refractivity contribution in [1.29, 1.82) is 0 Å².